The highest BCUT2D eigenvalue weighted by Gasteiger charge is 2.25. The van der Waals surface area contributed by atoms with Crippen LogP contribution in [0.25, 0.3) is 10.8 Å². The number of benzene rings is 2. The van der Waals surface area contributed by atoms with Gasteiger partial charge >= 0.3 is 23.9 Å². The maximum Gasteiger partial charge on any atom is 0.326 e. The van der Waals surface area contributed by atoms with Crippen molar-refractivity contribution in [1.82, 2.24) is 21.3 Å². The number of hydrogen-bond acceptors (Lipinski definition) is 7. The first-order valence-corrected chi connectivity index (χ1v) is 13.0. The summed E-state index contributed by atoms with van der Waals surface area (Å²) in [5, 5.41) is 41.9. The van der Waals surface area contributed by atoms with Crippen molar-refractivity contribution in [3.8, 4) is 0 Å². The molecule has 2 rings (SSSR count). The highest BCUT2D eigenvalue weighted by molar-refractivity contribution is 5.95. The van der Waals surface area contributed by atoms with E-state index in [-0.39, 0.29) is 25.8 Å². The molecule has 0 spiro atoms. The molecule has 2 aromatic carbocycles. The molecular formula is C27H35N5O9. The van der Waals surface area contributed by atoms with Gasteiger partial charge in [0.25, 0.3) is 0 Å². The zero-order chi connectivity index (χ0) is 30.4. The van der Waals surface area contributed by atoms with E-state index in [0.29, 0.717) is 19.3 Å². The summed E-state index contributed by atoms with van der Waals surface area (Å²) in [5.74, 6) is -4.44. The van der Waals surface area contributed by atoms with Gasteiger partial charge in [0.1, 0.15) is 18.1 Å². The van der Waals surface area contributed by atoms with Crippen molar-refractivity contribution in [2.24, 2.45) is 0 Å². The molecule has 0 saturated heterocycles. The number of amides is 4. The molecule has 0 aliphatic carbocycles. The number of fused-ring (bicyclic) bond motifs is 1. The minimum Gasteiger partial charge on any atom is -0.481 e. The summed E-state index contributed by atoms with van der Waals surface area (Å²) in [4.78, 5) is 69.5. The van der Waals surface area contributed by atoms with Crippen molar-refractivity contribution in [3.63, 3.8) is 0 Å². The van der Waals surface area contributed by atoms with Crippen molar-refractivity contribution in [2.45, 2.75) is 56.7 Å². The lowest BCUT2D eigenvalue weighted by molar-refractivity contribution is -0.140. The Morgan fingerprint density at radius 2 is 1.54 bits per heavy atom. The van der Waals surface area contributed by atoms with Crippen LogP contribution in [0.5, 0.6) is 0 Å². The number of carbonyl (C=O) groups excluding carboxylic acids is 3. The summed E-state index contributed by atoms with van der Waals surface area (Å²) in [7, 11) is 1.80. The first kappa shape index (κ1) is 32.3. The fourth-order valence-electron chi connectivity index (χ4n) is 4.19. The summed E-state index contributed by atoms with van der Waals surface area (Å²) in [5.41, 5.74) is 1.72. The number of nitrogens with one attached hydrogen (secondary N) is 5. The Bertz CT molecular complexity index is 1250. The summed E-state index contributed by atoms with van der Waals surface area (Å²) >= 11 is 0. The second kappa shape index (κ2) is 16.3. The van der Waals surface area contributed by atoms with Crippen molar-refractivity contribution in [1.29, 1.82) is 0 Å². The van der Waals surface area contributed by atoms with Gasteiger partial charge in [-0.15, -0.1) is 0 Å². The van der Waals surface area contributed by atoms with Gasteiger partial charge in [-0.25, -0.2) is 14.4 Å². The first-order chi connectivity index (χ1) is 19.5. The number of unbranched alkanes of at least 4 members (excludes halogenated alkanes) is 1. The van der Waals surface area contributed by atoms with E-state index in [4.69, 9.17) is 10.2 Å². The van der Waals surface area contributed by atoms with Crippen molar-refractivity contribution in [2.75, 3.05) is 18.9 Å². The smallest absolute Gasteiger partial charge is 0.326 e. The molecule has 3 atom stereocenters. The van der Waals surface area contributed by atoms with E-state index in [1.807, 2.05) is 36.4 Å². The topological polar surface area (TPSA) is 223 Å². The lowest BCUT2D eigenvalue weighted by atomic mass is 9.99. The van der Waals surface area contributed by atoms with E-state index in [1.54, 1.807) is 7.05 Å². The fraction of sp³-hybridized carbons (Fsp3) is 0.407. The van der Waals surface area contributed by atoms with E-state index < -0.39 is 54.4 Å². The molecule has 0 saturated carbocycles. The molecule has 0 bridgehead atoms. The Balaban J connectivity index is 1.86. The van der Waals surface area contributed by atoms with Gasteiger partial charge in [-0.3, -0.25) is 14.4 Å². The Kier molecular flexibility index (Phi) is 12.8. The number of hydrogen-bond donors (Lipinski definition) is 8. The maximum atomic E-state index is 12.8. The normalized spacial score (nSPS) is 12.8. The Morgan fingerprint density at radius 1 is 0.878 bits per heavy atom. The van der Waals surface area contributed by atoms with Gasteiger partial charge in [-0.2, -0.15) is 0 Å². The molecule has 222 valence electrons. The highest BCUT2D eigenvalue weighted by Crippen LogP contribution is 2.25. The van der Waals surface area contributed by atoms with Crippen LogP contribution in [0, 0.1) is 0 Å². The van der Waals surface area contributed by atoms with E-state index in [9.17, 15) is 33.9 Å². The standard InChI is InChI=1S/C27H35N5O9/c1-28-21-13-16(12-17-6-2-3-7-18(17)21)14-22(30-15-33)24(36)29-11-5-4-8-19(25(37)38)31-27(41)32-20(26(39)40)9-10-23(34)35/h2-3,6-7,12-13,15,19-20,22,28H,4-5,8-11,14H2,1H3,(H,29,36)(H,30,33)(H,34,35)(H,37,38)(H,39,40)(H2,31,32,41). The molecule has 0 radical (unpaired) electrons. The summed E-state index contributed by atoms with van der Waals surface area (Å²) in [6.45, 7) is 0.185. The number of urea groups is 1. The van der Waals surface area contributed by atoms with Gasteiger partial charge in [-0.05, 0) is 42.7 Å². The van der Waals surface area contributed by atoms with Crippen molar-refractivity contribution >= 4 is 52.7 Å². The highest BCUT2D eigenvalue weighted by atomic mass is 16.4. The van der Waals surface area contributed by atoms with Gasteiger partial charge in [0.05, 0.1) is 0 Å². The molecular weight excluding hydrogens is 538 g/mol. The molecule has 2 aromatic rings. The van der Waals surface area contributed by atoms with E-state index in [1.165, 1.54) is 0 Å². The second-order valence-electron chi connectivity index (χ2n) is 9.27. The van der Waals surface area contributed by atoms with Gasteiger partial charge in [0.2, 0.25) is 12.3 Å². The number of rotatable bonds is 18. The minimum absolute atomic E-state index is 0.00854. The Morgan fingerprint density at radius 3 is 2.15 bits per heavy atom. The zero-order valence-electron chi connectivity index (χ0n) is 22.5. The third-order valence-corrected chi connectivity index (χ3v) is 6.29. The molecule has 4 amide bonds. The van der Waals surface area contributed by atoms with Crippen molar-refractivity contribution < 1.29 is 44.1 Å². The van der Waals surface area contributed by atoms with Crippen LogP contribution in [0.3, 0.4) is 0 Å². The predicted molar refractivity (Wildman–Crippen MR) is 148 cm³/mol. The van der Waals surface area contributed by atoms with Gasteiger partial charge in [0, 0.05) is 37.5 Å². The number of carboxylic acid groups (broad SMARTS) is 3. The van der Waals surface area contributed by atoms with Crippen LogP contribution in [0.2, 0.25) is 0 Å². The van der Waals surface area contributed by atoms with Crippen LogP contribution < -0.4 is 26.6 Å². The number of anilines is 1. The van der Waals surface area contributed by atoms with Gasteiger partial charge in [-0.1, -0.05) is 30.3 Å². The SMILES string of the molecule is CNc1cc(CC(NC=O)C(=O)NCCCCC(NC(=O)NC(CCC(=O)O)C(=O)O)C(=O)O)cc2ccccc12. The molecule has 14 heteroatoms. The van der Waals surface area contributed by atoms with E-state index in [0.717, 1.165) is 22.0 Å². The quantitative estimate of drug-likeness (QED) is 0.0929. The summed E-state index contributed by atoms with van der Waals surface area (Å²) in [6, 6.07) is 6.90. The van der Waals surface area contributed by atoms with Crippen LogP contribution in [0.1, 0.15) is 37.7 Å². The average Bonchev–Trinajstić information content (AvgIpc) is 2.93. The molecule has 0 aromatic heterocycles. The maximum absolute atomic E-state index is 12.8. The predicted octanol–water partition coefficient (Wildman–Crippen LogP) is 0.896. The molecule has 0 aliphatic heterocycles. The number of carbonyl (C=O) groups is 6. The average molecular weight is 574 g/mol. The molecule has 14 nitrogen and oxygen atoms in total. The first-order valence-electron chi connectivity index (χ1n) is 13.0. The van der Waals surface area contributed by atoms with Gasteiger partial charge in [0.15, 0.2) is 0 Å². The third-order valence-electron chi connectivity index (χ3n) is 6.29. The molecule has 0 fully saturated rings. The summed E-state index contributed by atoms with van der Waals surface area (Å²) in [6.07, 6.45) is 0.485. The molecule has 8 N–H and O–H groups in total. The van der Waals surface area contributed by atoms with Crippen molar-refractivity contribution in [3.05, 3.63) is 42.0 Å². The summed E-state index contributed by atoms with van der Waals surface area (Å²) < 4.78 is 0. The van der Waals surface area contributed by atoms with Gasteiger partial charge < -0.3 is 41.9 Å². The lowest BCUT2D eigenvalue weighted by Crippen LogP contribution is -2.51. The molecule has 3 unspecified atom stereocenters. The largest absolute Gasteiger partial charge is 0.481 e. The van der Waals surface area contributed by atoms with Crippen LogP contribution >= 0.6 is 0 Å². The van der Waals surface area contributed by atoms with Crippen LogP contribution in [-0.4, -0.2) is 83.3 Å². The molecule has 0 heterocycles. The second-order valence-corrected chi connectivity index (χ2v) is 9.27. The number of aliphatic carboxylic acids is 3. The number of carboxylic acids is 3. The van der Waals surface area contributed by atoms with E-state index in [2.05, 4.69) is 26.6 Å². The molecule has 0 aliphatic rings. The zero-order valence-corrected chi connectivity index (χ0v) is 22.5. The van der Waals surface area contributed by atoms with E-state index >= 15 is 0 Å². The lowest BCUT2D eigenvalue weighted by Gasteiger charge is -2.19. The Hall–Kier alpha value is -4.88. The molecule has 41 heavy (non-hydrogen) atoms. The third kappa shape index (κ3) is 10.7. The van der Waals surface area contributed by atoms with Crippen LogP contribution in [-0.2, 0) is 30.4 Å². The Labute approximate surface area is 235 Å². The van der Waals surface area contributed by atoms with Crippen LogP contribution in [0.4, 0.5) is 10.5 Å². The monoisotopic (exact) mass is 573 g/mol. The minimum atomic E-state index is -1.50. The van der Waals surface area contributed by atoms with Crippen LogP contribution in [0.15, 0.2) is 36.4 Å². The fourth-order valence-corrected chi connectivity index (χ4v) is 4.19.